The lowest BCUT2D eigenvalue weighted by Gasteiger charge is -2.26. The predicted molar refractivity (Wildman–Crippen MR) is 85.7 cm³/mol. The van der Waals surface area contributed by atoms with E-state index in [-0.39, 0.29) is 17.6 Å². The predicted octanol–water partition coefficient (Wildman–Crippen LogP) is 3.79. The van der Waals surface area contributed by atoms with Crippen LogP contribution in [0.2, 0.25) is 0 Å². The maximum absolute atomic E-state index is 12.2. The Balaban J connectivity index is 2.17. The van der Waals surface area contributed by atoms with E-state index in [0.29, 0.717) is 0 Å². The number of nitro groups is 2. The average molecular weight is 334 g/mol. The van der Waals surface area contributed by atoms with Gasteiger partial charge in [0.15, 0.2) is 0 Å². The molecule has 128 valence electrons. The lowest BCUT2D eigenvalue weighted by atomic mass is 9.87. The van der Waals surface area contributed by atoms with Crippen LogP contribution < -0.4 is 0 Å². The molecule has 0 unspecified atom stereocenters. The fourth-order valence-corrected chi connectivity index (χ4v) is 2.67. The van der Waals surface area contributed by atoms with Gasteiger partial charge in [-0.15, -0.1) is 0 Å². The van der Waals surface area contributed by atoms with E-state index < -0.39 is 27.2 Å². The summed E-state index contributed by atoms with van der Waals surface area (Å²) in [7, 11) is 0. The van der Waals surface area contributed by atoms with Crippen molar-refractivity contribution in [1.29, 1.82) is 0 Å². The highest BCUT2D eigenvalue weighted by Gasteiger charge is 2.25. The highest BCUT2D eigenvalue weighted by atomic mass is 16.6. The first-order valence-corrected chi connectivity index (χ1v) is 7.58. The number of rotatable bonds is 5. The molecule has 1 aromatic rings. The molecule has 0 radical (unpaired) electrons. The molecule has 0 spiro atoms. The zero-order valence-corrected chi connectivity index (χ0v) is 13.4. The lowest BCUT2D eigenvalue weighted by Crippen LogP contribution is -2.25. The molecule has 1 aromatic carbocycles. The van der Waals surface area contributed by atoms with Gasteiger partial charge in [0, 0.05) is 12.1 Å². The number of carbonyl (C=O) groups excluding carboxylic acids is 1. The molecule has 1 aliphatic carbocycles. The lowest BCUT2D eigenvalue weighted by molar-refractivity contribution is -0.394. The first-order valence-electron chi connectivity index (χ1n) is 7.58. The Morgan fingerprint density at radius 1 is 1.21 bits per heavy atom. The average Bonchev–Trinajstić information content (AvgIpc) is 2.54. The van der Waals surface area contributed by atoms with Crippen LogP contribution in [0.3, 0.4) is 0 Å². The minimum atomic E-state index is -0.791. The van der Waals surface area contributed by atoms with E-state index in [2.05, 4.69) is 13.0 Å². The van der Waals surface area contributed by atoms with Gasteiger partial charge in [-0.05, 0) is 39.0 Å². The van der Waals surface area contributed by atoms with Crippen molar-refractivity contribution in [1.82, 2.24) is 0 Å². The van der Waals surface area contributed by atoms with E-state index in [1.165, 1.54) is 5.57 Å². The standard InChI is InChI=1S/C16H18N2O6/c1-10-3-5-12(6-4-10)11(2)24-16(19)13-7-14(17(20)21)9-15(8-13)18(22)23/h3,7-9,11-12H,4-6H2,1-2H3/t11-,12+/m1/s1. The fraction of sp³-hybridized carbons (Fsp3) is 0.438. The van der Waals surface area contributed by atoms with Crippen LogP contribution in [0.1, 0.15) is 43.5 Å². The normalized spacial score (nSPS) is 18.4. The minimum absolute atomic E-state index is 0.173. The molecular weight excluding hydrogens is 316 g/mol. The third-order valence-electron chi connectivity index (χ3n) is 4.20. The molecular formula is C16H18N2O6. The van der Waals surface area contributed by atoms with Crippen LogP contribution in [0.4, 0.5) is 11.4 Å². The molecule has 0 saturated carbocycles. The van der Waals surface area contributed by atoms with Gasteiger partial charge in [0.25, 0.3) is 11.4 Å². The van der Waals surface area contributed by atoms with Crippen molar-refractivity contribution in [2.45, 2.75) is 39.2 Å². The first-order chi connectivity index (χ1) is 11.3. The molecule has 2 atom stereocenters. The Labute approximate surface area is 138 Å². The molecule has 0 N–H and O–H groups in total. The number of allylic oxidation sites excluding steroid dienone is 2. The Bertz CT molecular complexity index is 680. The number of hydrogen-bond donors (Lipinski definition) is 0. The van der Waals surface area contributed by atoms with Gasteiger partial charge in [-0.2, -0.15) is 0 Å². The minimum Gasteiger partial charge on any atom is -0.459 e. The number of esters is 1. The Morgan fingerprint density at radius 3 is 2.25 bits per heavy atom. The molecule has 0 fully saturated rings. The number of nitrogens with zero attached hydrogens (tertiary/aromatic N) is 2. The number of nitro benzene ring substituents is 2. The second-order valence-corrected chi connectivity index (χ2v) is 5.95. The Kier molecular flexibility index (Phi) is 5.28. The van der Waals surface area contributed by atoms with E-state index >= 15 is 0 Å². The molecule has 0 saturated heterocycles. The molecule has 2 rings (SSSR count). The van der Waals surface area contributed by atoms with Crippen molar-refractivity contribution >= 4 is 17.3 Å². The molecule has 0 heterocycles. The number of hydrogen-bond acceptors (Lipinski definition) is 6. The Hall–Kier alpha value is -2.77. The van der Waals surface area contributed by atoms with Gasteiger partial charge in [0.05, 0.1) is 21.5 Å². The van der Waals surface area contributed by atoms with Crippen LogP contribution >= 0.6 is 0 Å². The highest BCUT2D eigenvalue weighted by molar-refractivity contribution is 5.91. The van der Waals surface area contributed by atoms with Crippen LogP contribution in [0.15, 0.2) is 29.8 Å². The first kappa shape index (κ1) is 17.6. The fourth-order valence-electron chi connectivity index (χ4n) is 2.67. The maximum atomic E-state index is 12.2. The molecule has 0 aliphatic heterocycles. The topological polar surface area (TPSA) is 113 Å². The summed E-state index contributed by atoms with van der Waals surface area (Å²) >= 11 is 0. The number of carbonyl (C=O) groups is 1. The van der Waals surface area contributed by atoms with Crippen LogP contribution in [0, 0.1) is 26.1 Å². The van der Waals surface area contributed by atoms with Crippen LogP contribution in [-0.4, -0.2) is 21.9 Å². The van der Waals surface area contributed by atoms with Gasteiger partial charge in [-0.3, -0.25) is 20.2 Å². The van der Waals surface area contributed by atoms with Gasteiger partial charge in [-0.1, -0.05) is 11.6 Å². The van der Waals surface area contributed by atoms with Gasteiger partial charge in [0.2, 0.25) is 0 Å². The van der Waals surface area contributed by atoms with Crippen molar-refractivity contribution in [2.24, 2.45) is 5.92 Å². The van der Waals surface area contributed by atoms with E-state index in [1.54, 1.807) is 6.92 Å². The Morgan fingerprint density at radius 2 is 1.79 bits per heavy atom. The van der Waals surface area contributed by atoms with E-state index in [0.717, 1.165) is 37.5 Å². The summed E-state index contributed by atoms with van der Waals surface area (Å²) in [6, 6.07) is 2.80. The smallest absolute Gasteiger partial charge is 0.338 e. The van der Waals surface area contributed by atoms with Crippen molar-refractivity contribution in [3.8, 4) is 0 Å². The monoisotopic (exact) mass is 334 g/mol. The van der Waals surface area contributed by atoms with Gasteiger partial charge >= 0.3 is 5.97 Å². The van der Waals surface area contributed by atoms with E-state index in [9.17, 15) is 25.0 Å². The third-order valence-corrected chi connectivity index (χ3v) is 4.20. The largest absolute Gasteiger partial charge is 0.459 e. The second kappa shape index (κ2) is 7.20. The van der Waals surface area contributed by atoms with Crippen LogP contribution in [0.5, 0.6) is 0 Å². The number of ether oxygens (including phenoxy) is 1. The second-order valence-electron chi connectivity index (χ2n) is 5.95. The molecule has 8 nitrogen and oxygen atoms in total. The summed E-state index contributed by atoms with van der Waals surface area (Å²) in [5.74, 6) is -0.619. The molecule has 0 aromatic heterocycles. The molecule has 1 aliphatic rings. The van der Waals surface area contributed by atoms with Gasteiger partial charge in [0.1, 0.15) is 6.10 Å². The zero-order valence-electron chi connectivity index (χ0n) is 13.4. The summed E-state index contributed by atoms with van der Waals surface area (Å²) < 4.78 is 5.37. The third kappa shape index (κ3) is 4.15. The van der Waals surface area contributed by atoms with Crippen LogP contribution in [-0.2, 0) is 4.74 Å². The number of non-ortho nitro benzene ring substituents is 2. The van der Waals surface area contributed by atoms with Crippen molar-refractivity contribution in [3.63, 3.8) is 0 Å². The van der Waals surface area contributed by atoms with E-state index in [4.69, 9.17) is 4.74 Å². The zero-order chi connectivity index (χ0) is 17.9. The maximum Gasteiger partial charge on any atom is 0.338 e. The van der Waals surface area contributed by atoms with Gasteiger partial charge < -0.3 is 4.74 Å². The van der Waals surface area contributed by atoms with Crippen molar-refractivity contribution in [2.75, 3.05) is 0 Å². The summed E-state index contributed by atoms with van der Waals surface area (Å²) in [5.41, 5.74) is 0.0874. The van der Waals surface area contributed by atoms with E-state index in [1.807, 2.05) is 0 Å². The van der Waals surface area contributed by atoms with Crippen molar-refractivity contribution < 1.29 is 19.4 Å². The summed E-state index contributed by atoms with van der Waals surface area (Å²) in [6.45, 7) is 3.82. The molecule has 0 bridgehead atoms. The highest BCUT2D eigenvalue weighted by Crippen LogP contribution is 2.28. The molecule has 24 heavy (non-hydrogen) atoms. The molecule has 0 amide bonds. The van der Waals surface area contributed by atoms with Crippen molar-refractivity contribution in [3.05, 3.63) is 55.6 Å². The molecule has 8 heteroatoms. The summed E-state index contributed by atoms with van der Waals surface area (Å²) in [4.78, 5) is 32.4. The van der Waals surface area contributed by atoms with Crippen LogP contribution in [0.25, 0.3) is 0 Å². The number of benzene rings is 1. The summed E-state index contributed by atoms with van der Waals surface area (Å²) in [6.07, 6.45) is 4.37. The SMILES string of the molecule is CC1=CC[C@H]([C@@H](C)OC(=O)c2cc([N+](=O)[O-])cc([N+](=O)[O-])c2)CC1. The van der Waals surface area contributed by atoms with Gasteiger partial charge in [-0.25, -0.2) is 4.79 Å². The summed E-state index contributed by atoms with van der Waals surface area (Å²) in [5, 5.41) is 21.8. The quantitative estimate of drug-likeness (QED) is 0.350.